The van der Waals surface area contributed by atoms with E-state index in [2.05, 4.69) is 10.4 Å². The fourth-order valence-electron chi connectivity index (χ4n) is 3.95. The lowest BCUT2D eigenvalue weighted by molar-refractivity contribution is -0.384. The second-order valence-corrected chi connectivity index (χ2v) is 7.11. The van der Waals surface area contributed by atoms with Crippen molar-refractivity contribution in [3.05, 3.63) is 52.3 Å². The average molecular weight is 355 g/mol. The van der Waals surface area contributed by atoms with Crippen molar-refractivity contribution in [3.8, 4) is 5.69 Å². The van der Waals surface area contributed by atoms with E-state index < -0.39 is 4.92 Å². The molecule has 0 bridgehead atoms. The number of benzene rings is 1. The van der Waals surface area contributed by atoms with Gasteiger partial charge in [-0.05, 0) is 43.4 Å². The van der Waals surface area contributed by atoms with E-state index in [0.717, 1.165) is 39.0 Å². The fourth-order valence-corrected chi connectivity index (χ4v) is 3.95. The first-order valence-electron chi connectivity index (χ1n) is 8.88. The first-order chi connectivity index (χ1) is 12.6. The zero-order valence-electron chi connectivity index (χ0n) is 14.4. The summed E-state index contributed by atoms with van der Waals surface area (Å²) in [5.41, 5.74) is 0.985. The third-order valence-electron chi connectivity index (χ3n) is 5.58. The Bertz CT molecular complexity index is 831. The lowest BCUT2D eigenvalue weighted by Gasteiger charge is -2.38. The van der Waals surface area contributed by atoms with Crippen LogP contribution in [0.4, 0.5) is 5.69 Å². The van der Waals surface area contributed by atoms with Gasteiger partial charge in [0.25, 0.3) is 11.6 Å². The number of piperidine rings is 1. The molecule has 1 aromatic carbocycles. The van der Waals surface area contributed by atoms with Crippen molar-refractivity contribution in [1.82, 2.24) is 20.0 Å². The van der Waals surface area contributed by atoms with Crippen LogP contribution in [-0.4, -0.2) is 51.7 Å². The summed E-state index contributed by atoms with van der Waals surface area (Å²) in [7, 11) is 0. The molecule has 1 amide bonds. The molecule has 2 saturated heterocycles. The fraction of sp³-hybridized carbons (Fsp3) is 0.444. The Labute approximate surface area is 150 Å². The number of nitrogens with zero attached hydrogens (tertiary/aromatic N) is 4. The maximum Gasteiger partial charge on any atom is 0.294 e. The van der Waals surface area contributed by atoms with Gasteiger partial charge in [0, 0.05) is 31.9 Å². The van der Waals surface area contributed by atoms with Crippen LogP contribution in [0, 0.1) is 15.5 Å². The number of rotatable bonds is 3. The monoisotopic (exact) mass is 355 g/mol. The molecule has 1 N–H and O–H groups in total. The minimum Gasteiger partial charge on any atom is -0.337 e. The summed E-state index contributed by atoms with van der Waals surface area (Å²) in [5.74, 6) is -0.108. The maximum atomic E-state index is 12.8. The number of carbonyl (C=O) groups is 1. The Hall–Kier alpha value is -2.74. The number of amides is 1. The zero-order valence-corrected chi connectivity index (χ0v) is 14.4. The average Bonchev–Trinajstić information content (AvgIpc) is 3.32. The first-order valence-corrected chi connectivity index (χ1v) is 8.88. The van der Waals surface area contributed by atoms with Crippen LogP contribution in [0.2, 0.25) is 0 Å². The number of nitro groups is 1. The van der Waals surface area contributed by atoms with E-state index in [1.807, 2.05) is 4.90 Å². The third kappa shape index (κ3) is 2.96. The van der Waals surface area contributed by atoms with E-state index in [4.69, 9.17) is 0 Å². The van der Waals surface area contributed by atoms with Gasteiger partial charge in [0.15, 0.2) is 5.69 Å². The number of aromatic nitrogens is 2. The van der Waals surface area contributed by atoms with Crippen LogP contribution in [0.15, 0.2) is 36.5 Å². The predicted molar refractivity (Wildman–Crippen MR) is 95.3 cm³/mol. The highest BCUT2D eigenvalue weighted by Gasteiger charge is 2.38. The number of hydrogen-bond acceptors (Lipinski definition) is 5. The second-order valence-electron chi connectivity index (χ2n) is 7.11. The van der Waals surface area contributed by atoms with Gasteiger partial charge in [0.2, 0.25) is 0 Å². The van der Waals surface area contributed by atoms with Crippen LogP contribution < -0.4 is 5.32 Å². The topological polar surface area (TPSA) is 93.3 Å². The molecule has 2 aliphatic heterocycles. The summed E-state index contributed by atoms with van der Waals surface area (Å²) >= 11 is 0. The highest BCUT2D eigenvalue weighted by molar-refractivity contribution is 5.92. The van der Waals surface area contributed by atoms with Crippen LogP contribution in [0.3, 0.4) is 0 Å². The lowest BCUT2D eigenvalue weighted by atomic mass is 9.78. The number of likely N-dealkylation sites (tertiary alicyclic amines) is 1. The standard InChI is InChI=1S/C18H21N5O3/c24-17(21-11-7-18(8-12-21)6-9-19-13-18)14-5-10-22(20-14)15-3-1-2-4-16(15)23(25)26/h1-5,10,19H,6-9,11-13H2. The van der Waals surface area contributed by atoms with Gasteiger partial charge in [-0.3, -0.25) is 14.9 Å². The molecule has 1 spiro atoms. The van der Waals surface area contributed by atoms with E-state index in [0.29, 0.717) is 16.8 Å². The molecule has 4 rings (SSSR count). The van der Waals surface area contributed by atoms with Gasteiger partial charge >= 0.3 is 0 Å². The molecule has 0 saturated carbocycles. The van der Waals surface area contributed by atoms with Crippen molar-refractivity contribution in [1.29, 1.82) is 0 Å². The largest absolute Gasteiger partial charge is 0.337 e. The highest BCUT2D eigenvalue weighted by atomic mass is 16.6. The van der Waals surface area contributed by atoms with Crippen molar-refractivity contribution in [2.75, 3.05) is 26.2 Å². The Morgan fingerprint density at radius 3 is 2.65 bits per heavy atom. The van der Waals surface area contributed by atoms with E-state index in [1.54, 1.807) is 30.5 Å². The molecule has 136 valence electrons. The zero-order chi connectivity index (χ0) is 18.1. The molecule has 3 heterocycles. The predicted octanol–water partition coefficient (Wildman–Crippen LogP) is 2.00. The molecule has 2 fully saturated rings. The summed E-state index contributed by atoms with van der Waals surface area (Å²) in [5, 5.41) is 18.9. The minimum absolute atomic E-state index is 0.0387. The van der Waals surface area contributed by atoms with Crippen LogP contribution in [0.25, 0.3) is 5.69 Å². The molecule has 2 aromatic rings. The summed E-state index contributed by atoms with van der Waals surface area (Å²) in [6.07, 6.45) is 4.80. The Balaban J connectivity index is 1.50. The van der Waals surface area contributed by atoms with Gasteiger partial charge in [-0.15, -0.1) is 0 Å². The molecule has 0 atom stereocenters. The highest BCUT2D eigenvalue weighted by Crippen LogP contribution is 2.37. The smallest absolute Gasteiger partial charge is 0.294 e. The molecule has 26 heavy (non-hydrogen) atoms. The van der Waals surface area contributed by atoms with E-state index in [9.17, 15) is 14.9 Å². The normalized spacial score (nSPS) is 19.0. The molecule has 0 unspecified atom stereocenters. The number of nitro benzene ring substituents is 1. The van der Waals surface area contributed by atoms with Gasteiger partial charge in [-0.2, -0.15) is 5.10 Å². The van der Waals surface area contributed by atoms with E-state index in [-0.39, 0.29) is 11.6 Å². The van der Waals surface area contributed by atoms with Crippen LogP contribution in [-0.2, 0) is 0 Å². The number of hydrogen-bond donors (Lipinski definition) is 1. The molecule has 0 aliphatic carbocycles. The van der Waals surface area contributed by atoms with Gasteiger partial charge < -0.3 is 10.2 Å². The van der Waals surface area contributed by atoms with Crippen molar-refractivity contribution in [2.24, 2.45) is 5.41 Å². The van der Waals surface area contributed by atoms with Crippen LogP contribution in [0.5, 0.6) is 0 Å². The van der Waals surface area contributed by atoms with Gasteiger partial charge in [0.1, 0.15) is 5.69 Å². The van der Waals surface area contributed by atoms with E-state index in [1.165, 1.54) is 17.2 Å². The Morgan fingerprint density at radius 1 is 1.19 bits per heavy atom. The van der Waals surface area contributed by atoms with Gasteiger partial charge in [-0.25, -0.2) is 4.68 Å². The summed E-state index contributed by atoms with van der Waals surface area (Å²) in [6.45, 7) is 3.58. The van der Waals surface area contributed by atoms with Crippen molar-refractivity contribution in [2.45, 2.75) is 19.3 Å². The molecule has 8 nitrogen and oxygen atoms in total. The number of para-hydroxylation sites is 2. The lowest BCUT2D eigenvalue weighted by Crippen LogP contribution is -2.44. The summed E-state index contributed by atoms with van der Waals surface area (Å²) in [4.78, 5) is 25.4. The minimum atomic E-state index is -0.446. The van der Waals surface area contributed by atoms with Crippen molar-refractivity contribution >= 4 is 11.6 Å². The van der Waals surface area contributed by atoms with Gasteiger partial charge in [-0.1, -0.05) is 12.1 Å². The molecule has 8 heteroatoms. The Morgan fingerprint density at radius 2 is 1.96 bits per heavy atom. The van der Waals surface area contributed by atoms with Gasteiger partial charge in [0.05, 0.1) is 4.92 Å². The summed E-state index contributed by atoms with van der Waals surface area (Å²) < 4.78 is 1.40. The van der Waals surface area contributed by atoms with Crippen molar-refractivity contribution in [3.63, 3.8) is 0 Å². The molecule has 0 radical (unpaired) electrons. The molecule has 1 aromatic heterocycles. The maximum absolute atomic E-state index is 12.8. The number of nitrogens with one attached hydrogen (secondary N) is 1. The first kappa shape index (κ1) is 16.7. The number of carbonyl (C=O) groups excluding carboxylic acids is 1. The van der Waals surface area contributed by atoms with Crippen molar-refractivity contribution < 1.29 is 9.72 Å². The molecular weight excluding hydrogens is 334 g/mol. The second kappa shape index (κ2) is 6.53. The van der Waals surface area contributed by atoms with Crippen LogP contribution in [0.1, 0.15) is 29.8 Å². The Kier molecular flexibility index (Phi) is 4.20. The van der Waals surface area contributed by atoms with Crippen LogP contribution >= 0.6 is 0 Å². The van der Waals surface area contributed by atoms with E-state index >= 15 is 0 Å². The molecular formula is C18H21N5O3. The SMILES string of the molecule is O=C(c1ccn(-c2ccccc2[N+](=O)[O-])n1)N1CCC2(CCNC2)CC1. The third-order valence-corrected chi connectivity index (χ3v) is 5.58. The quantitative estimate of drug-likeness (QED) is 0.671. The summed E-state index contributed by atoms with van der Waals surface area (Å²) in [6, 6.07) is 8.00. The molecule has 2 aliphatic rings.